The van der Waals surface area contributed by atoms with Crippen molar-refractivity contribution in [2.75, 3.05) is 5.32 Å². The molecule has 3 nitrogen and oxygen atoms in total. The second-order valence-electron chi connectivity index (χ2n) is 2.83. The van der Waals surface area contributed by atoms with Gasteiger partial charge in [-0.1, -0.05) is 0 Å². The minimum atomic E-state index is -0.149. The predicted octanol–water partition coefficient (Wildman–Crippen LogP) is 2.14. The van der Waals surface area contributed by atoms with Crippen LogP contribution in [0.3, 0.4) is 0 Å². The Morgan fingerprint density at radius 2 is 2.08 bits per heavy atom. The quantitative estimate of drug-likeness (QED) is 0.738. The number of aldehydes is 1. The Bertz CT molecular complexity index is 355. The number of nitrogens with one attached hydrogen (secondary N) is 1. The predicted molar refractivity (Wildman–Crippen MR) is 53.5 cm³/mol. The summed E-state index contributed by atoms with van der Waals surface area (Å²) in [6.45, 7) is 5.23. The summed E-state index contributed by atoms with van der Waals surface area (Å²) in [4.78, 5) is 22.5. The van der Waals surface area contributed by atoms with E-state index in [1.54, 1.807) is 0 Å². The Hall–Kier alpha value is -1.16. The fourth-order valence-corrected chi connectivity index (χ4v) is 2.11. The zero-order valence-electron chi connectivity index (χ0n) is 7.80. The monoisotopic (exact) mass is 197 g/mol. The van der Waals surface area contributed by atoms with Crippen LogP contribution in [0.15, 0.2) is 0 Å². The Balaban J connectivity index is 3.13. The minimum absolute atomic E-state index is 0.149. The second-order valence-corrected chi connectivity index (χ2v) is 4.05. The number of hydrogen-bond acceptors (Lipinski definition) is 3. The van der Waals surface area contributed by atoms with Crippen molar-refractivity contribution in [3.8, 4) is 0 Å². The van der Waals surface area contributed by atoms with Crippen molar-refractivity contribution in [2.24, 2.45) is 0 Å². The highest BCUT2D eigenvalue weighted by molar-refractivity contribution is 7.16. The number of hydrogen-bond donors (Lipinski definition) is 1. The van der Waals surface area contributed by atoms with Gasteiger partial charge in [-0.2, -0.15) is 0 Å². The summed E-state index contributed by atoms with van der Waals surface area (Å²) in [6, 6.07) is 0. The first kappa shape index (κ1) is 9.92. The number of carbonyl (C=O) groups is 2. The van der Waals surface area contributed by atoms with Crippen LogP contribution in [-0.4, -0.2) is 12.2 Å². The molecule has 0 saturated heterocycles. The SMILES string of the molecule is CC(=O)Nc1sc(C)c(C)c1C=O. The van der Waals surface area contributed by atoms with Crippen LogP contribution in [0.25, 0.3) is 0 Å². The van der Waals surface area contributed by atoms with Gasteiger partial charge >= 0.3 is 0 Å². The molecule has 13 heavy (non-hydrogen) atoms. The number of carbonyl (C=O) groups excluding carboxylic acids is 2. The summed E-state index contributed by atoms with van der Waals surface area (Å²) >= 11 is 1.43. The topological polar surface area (TPSA) is 46.2 Å². The lowest BCUT2D eigenvalue weighted by Gasteiger charge is -1.97. The lowest BCUT2D eigenvalue weighted by atomic mass is 10.2. The molecule has 0 aliphatic heterocycles. The van der Waals surface area contributed by atoms with Crippen LogP contribution >= 0.6 is 11.3 Å². The van der Waals surface area contributed by atoms with Gasteiger partial charge in [0.05, 0.1) is 5.56 Å². The van der Waals surface area contributed by atoms with Crippen LogP contribution in [0.4, 0.5) is 5.00 Å². The average molecular weight is 197 g/mol. The highest BCUT2D eigenvalue weighted by Crippen LogP contribution is 2.30. The van der Waals surface area contributed by atoms with Crippen molar-refractivity contribution in [3.63, 3.8) is 0 Å². The highest BCUT2D eigenvalue weighted by atomic mass is 32.1. The molecule has 70 valence electrons. The molecule has 0 aromatic carbocycles. The summed E-state index contributed by atoms with van der Waals surface area (Å²) in [5.41, 5.74) is 1.54. The van der Waals surface area contributed by atoms with Gasteiger partial charge in [-0.25, -0.2) is 0 Å². The Morgan fingerprint density at radius 3 is 2.54 bits per heavy atom. The van der Waals surface area contributed by atoms with Crippen molar-refractivity contribution in [1.29, 1.82) is 0 Å². The molecule has 0 spiro atoms. The number of anilines is 1. The molecule has 0 atom stereocenters. The Kier molecular flexibility index (Phi) is 2.83. The third-order valence-electron chi connectivity index (χ3n) is 1.84. The van der Waals surface area contributed by atoms with Gasteiger partial charge in [-0.15, -0.1) is 11.3 Å². The van der Waals surface area contributed by atoms with Crippen LogP contribution in [0, 0.1) is 13.8 Å². The van der Waals surface area contributed by atoms with Crippen LogP contribution in [0.1, 0.15) is 27.7 Å². The van der Waals surface area contributed by atoms with Gasteiger partial charge in [0.1, 0.15) is 5.00 Å². The van der Waals surface area contributed by atoms with E-state index in [0.29, 0.717) is 10.6 Å². The van der Waals surface area contributed by atoms with E-state index in [0.717, 1.165) is 16.7 Å². The Morgan fingerprint density at radius 1 is 1.46 bits per heavy atom. The van der Waals surface area contributed by atoms with E-state index in [-0.39, 0.29) is 5.91 Å². The second kappa shape index (κ2) is 3.70. The smallest absolute Gasteiger partial charge is 0.221 e. The minimum Gasteiger partial charge on any atom is -0.317 e. The summed E-state index contributed by atoms with van der Waals surface area (Å²) in [6.07, 6.45) is 0.782. The van der Waals surface area contributed by atoms with E-state index in [2.05, 4.69) is 5.32 Å². The maximum Gasteiger partial charge on any atom is 0.221 e. The van der Waals surface area contributed by atoms with Crippen molar-refractivity contribution in [1.82, 2.24) is 0 Å². The fourth-order valence-electron chi connectivity index (χ4n) is 1.04. The summed E-state index contributed by atoms with van der Waals surface area (Å²) in [5, 5.41) is 3.28. The van der Waals surface area contributed by atoms with Crippen molar-refractivity contribution in [2.45, 2.75) is 20.8 Å². The summed E-state index contributed by atoms with van der Waals surface area (Å²) < 4.78 is 0. The molecule has 1 aromatic rings. The molecular formula is C9H11NO2S. The van der Waals surface area contributed by atoms with Crippen LogP contribution in [0.5, 0.6) is 0 Å². The van der Waals surface area contributed by atoms with E-state index in [1.807, 2.05) is 13.8 Å². The zero-order valence-corrected chi connectivity index (χ0v) is 8.62. The largest absolute Gasteiger partial charge is 0.317 e. The summed E-state index contributed by atoms with van der Waals surface area (Å²) in [5.74, 6) is -0.149. The number of thiophene rings is 1. The van der Waals surface area contributed by atoms with Gasteiger partial charge in [-0.3, -0.25) is 9.59 Å². The standard InChI is InChI=1S/C9H11NO2S/c1-5-6(2)13-9(8(5)4-11)10-7(3)12/h4H,1-3H3,(H,10,12). The van der Waals surface area contributed by atoms with E-state index >= 15 is 0 Å². The van der Waals surface area contributed by atoms with Crippen LogP contribution in [-0.2, 0) is 4.79 Å². The highest BCUT2D eigenvalue weighted by Gasteiger charge is 2.11. The average Bonchev–Trinajstić information content (AvgIpc) is 2.27. The number of rotatable bonds is 2. The molecule has 0 aliphatic carbocycles. The first-order valence-electron chi connectivity index (χ1n) is 3.89. The van der Waals surface area contributed by atoms with Crippen molar-refractivity contribution >= 4 is 28.5 Å². The molecule has 1 rings (SSSR count). The molecule has 0 fully saturated rings. The first-order chi connectivity index (χ1) is 6.06. The van der Waals surface area contributed by atoms with Crippen molar-refractivity contribution < 1.29 is 9.59 Å². The Labute approximate surface area is 80.8 Å². The molecule has 1 aromatic heterocycles. The molecule has 0 saturated carbocycles. The first-order valence-corrected chi connectivity index (χ1v) is 4.70. The molecular weight excluding hydrogens is 186 g/mol. The molecule has 0 unspecified atom stereocenters. The van der Waals surface area contributed by atoms with E-state index in [1.165, 1.54) is 18.3 Å². The molecule has 1 N–H and O–H groups in total. The van der Waals surface area contributed by atoms with Crippen LogP contribution < -0.4 is 5.32 Å². The number of amides is 1. The van der Waals surface area contributed by atoms with Gasteiger partial charge < -0.3 is 5.32 Å². The van der Waals surface area contributed by atoms with Gasteiger partial charge in [0.2, 0.25) is 5.91 Å². The van der Waals surface area contributed by atoms with Gasteiger partial charge in [0.15, 0.2) is 6.29 Å². The molecule has 1 heterocycles. The summed E-state index contributed by atoms with van der Waals surface area (Å²) in [7, 11) is 0. The normalized spacial score (nSPS) is 9.77. The molecule has 1 amide bonds. The van der Waals surface area contributed by atoms with E-state index in [9.17, 15) is 9.59 Å². The maximum absolute atomic E-state index is 10.8. The van der Waals surface area contributed by atoms with E-state index < -0.39 is 0 Å². The molecule has 0 aliphatic rings. The zero-order chi connectivity index (χ0) is 10.0. The van der Waals surface area contributed by atoms with Crippen LogP contribution in [0.2, 0.25) is 0 Å². The van der Waals surface area contributed by atoms with Gasteiger partial charge in [0, 0.05) is 11.8 Å². The lowest BCUT2D eigenvalue weighted by molar-refractivity contribution is -0.114. The van der Waals surface area contributed by atoms with Gasteiger partial charge in [0.25, 0.3) is 0 Å². The van der Waals surface area contributed by atoms with E-state index in [4.69, 9.17) is 0 Å². The molecule has 4 heteroatoms. The van der Waals surface area contributed by atoms with Gasteiger partial charge in [-0.05, 0) is 19.4 Å². The molecule has 0 bridgehead atoms. The lowest BCUT2D eigenvalue weighted by Crippen LogP contribution is -2.05. The fraction of sp³-hybridized carbons (Fsp3) is 0.333. The molecule has 0 radical (unpaired) electrons. The number of aryl methyl sites for hydroxylation is 1. The third-order valence-corrected chi connectivity index (χ3v) is 2.98. The maximum atomic E-state index is 10.8. The van der Waals surface area contributed by atoms with Crippen molar-refractivity contribution in [3.05, 3.63) is 16.0 Å². The third kappa shape index (κ3) is 1.95.